The number of phenols is 2. The topological polar surface area (TPSA) is 81.6 Å². The van der Waals surface area contributed by atoms with Crippen molar-refractivity contribution < 1.29 is 15.0 Å². The predicted octanol–water partition coefficient (Wildman–Crippen LogP) is 0.968. The molecule has 1 fully saturated rings. The van der Waals surface area contributed by atoms with E-state index in [1.165, 1.54) is 18.2 Å². The van der Waals surface area contributed by atoms with Crippen LogP contribution in [0.2, 0.25) is 0 Å². The van der Waals surface area contributed by atoms with Crippen LogP contribution in [0.5, 0.6) is 11.5 Å². The number of hydrogen-bond donors (Lipinski definition) is 4. The second-order valence-electron chi connectivity index (χ2n) is 4.64. The van der Waals surface area contributed by atoms with E-state index >= 15 is 0 Å². The minimum Gasteiger partial charge on any atom is -0.504 e. The monoisotopic (exact) mass is 250 g/mol. The minimum atomic E-state index is -0.369. The molecule has 1 amide bonds. The van der Waals surface area contributed by atoms with Crippen LogP contribution in [-0.2, 0) is 0 Å². The molecule has 5 heteroatoms. The predicted molar refractivity (Wildman–Crippen MR) is 67.7 cm³/mol. The highest BCUT2D eigenvalue weighted by Crippen LogP contribution is 2.28. The highest BCUT2D eigenvalue weighted by atomic mass is 16.3. The van der Waals surface area contributed by atoms with Crippen molar-refractivity contribution in [3.05, 3.63) is 23.8 Å². The molecular formula is C13H18N2O3. The van der Waals surface area contributed by atoms with Crippen LogP contribution in [0.3, 0.4) is 0 Å². The van der Waals surface area contributed by atoms with Gasteiger partial charge in [0.05, 0.1) is 5.56 Å². The maximum absolute atomic E-state index is 12.0. The summed E-state index contributed by atoms with van der Waals surface area (Å²) in [7, 11) is 0. The number of phenolic OH excluding ortho intramolecular Hbond substituents is 2. The fourth-order valence-corrected chi connectivity index (χ4v) is 2.20. The van der Waals surface area contributed by atoms with E-state index in [2.05, 4.69) is 10.6 Å². The van der Waals surface area contributed by atoms with E-state index in [-0.39, 0.29) is 35.1 Å². The fraction of sp³-hybridized carbons (Fsp3) is 0.462. The summed E-state index contributed by atoms with van der Waals surface area (Å²) in [5.41, 5.74) is 0.104. The van der Waals surface area contributed by atoms with Gasteiger partial charge in [0, 0.05) is 12.1 Å². The van der Waals surface area contributed by atoms with Gasteiger partial charge in [-0.15, -0.1) is 0 Å². The lowest BCUT2D eigenvalue weighted by Crippen LogP contribution is -2.51. The van der Waals surface area contributed by atoms with Crippen molar-refractivity contribution in [2.75, 3.05) is 6.54 Å². The zero-order chi connectivity index (χ0) is 13.1. The first-order chi connectivity index (χ1) is 8.59. The molecule has 1 aromatic rings. The highest BCUT2D eigenvalue weighted by Gasteiger charge is 2.24. The zero-order valence-corrected chi connectivity index (χ0v) is 10.3. The maximum atomic E-state index is 12.0. The molecular weight excluding hydrogens is 232 g/mol. The van der Waals surface area contributed by atoms with Gasteiger partial charge >= 0.3 is 0 Å². The summed E-state index contributed by atoms with van der Waals surface area (Å²) in [6, 6.07) is 4.63. The lowest BCUT2D eigenvalue weighted by atomic mass is 9.99. The lowest BCUT2D eigenvalue weighted by molar-refractivity contribution is 0.0916. The van der Waals surface area contributed by atoms with Crippen molar-refractivity contribution in [2.24, 2.45) is 0 Å². The number of para-hydroxylation sites is 1. The largest absolute Gasteiger partial charge is 0.504 e. The minimum absolute atomic E-state index is 0.0491. The van der Waals surface area contributed by atoms with E-state index in [1.54, 1.807) is 0 Å². The van der Waals surface area contributed by atoms with Gasteiger partial charge in [-0.2, -0.15) is 0 Å². The first-order valence-electron chi connectivity index (χ1n) is 6.15. The van der Waals surface area contributed by atoms with Gasteiger partial charge in [0.2, 0.25) is 0 Å². The van der Waals surface area contributed by atoms with Crippen LogP contribution < -0.4 is 10.6 Å². The van der Waals surface area contributed by atoms with E-state index < -0.39 is 0 Å². The molecule has 2 rings (SSSR count). The third-order valence-corrected chi connectivity index (χ3v) is 3.34. The number of nitrogens with one attached hydrogen (secondary N) is 2. The molecule has 5 nitrogen and oxygen atoms in total. The summed E-state index contributed by atoms with van der Waals surface area (Å²) in [5.74, 6) is -1.01. The quantitative estimate of drug-likeness (QED) is 0.589. The third kappa shape index (κ3) is 2.56. The van der Waals surface area contributed by atoms with Crippen molar-refractivity contribution in [3.8, 4) is 11.5 Å². The molecule has 1 aliphatic rings. The van der Waals surface area contributed by atoms with Crippen molar-refractivity contribution in [1.82, 2.24) is 10.6 Å². The highest BCUT2D eigenvalue weighted by molar-refractivity contribution is 5.97. The zero-order valence-electron chi connectivity index (χ0n) is 10.3. The number of rotatable bonds is 2. The number of aromatic hydroxyl groups is 2. The maximum Gasteiger partial charge on any atom is 0.255 e. The van der Waals surface area contributed by atoms with Gasteiger partial charge in [-0.25, -0.2) is 0 Å². The molecule has 4 N–H and O–H groups in total. The Morgan fingerprint density at radius 2 is 2.22 bits per heavy atom. The van der Waals surface area contributed by atoms with Crippen LogP contribution >= 0.6 is 0 Å². The molecule has 18 heavy (non-hydrogen) atoms. The smallest absolute Gasteiger partial charge is 0.255 e. The van der Waals surface area contributed by atoms with Gasteiger partial charge < -0.3 is 20.8 Å². The van der Waals surface area contributed by atoms with Gasteiger partial charge in [0.15, 0.2) is 11.5 Å². The van der Waals surface area contributed by atoms with E-state index in [1.807, 2.05) is 6.92 Å². The van der Waals surface area contributed by atoms with Gasteiger partial charge in [-0.1, -0.05) is 6.07 Å². The lowest BCUT2D eigenvalue weighted by Gasteiger charge is -2.30. The summed E-state index contributed by atoms with van der Waals surface area (Å²) >= 11 is 0. The van der Waals surface area contributed by atoms with Crippen molar-refractivity contribution in [1.29, 1.82) is 0 Å². The van der Waals surface area contributed by atoms with E-state index in [4.69, 9.17) is 0 Å². The molecule has 2 unspecified atom stereocenters. The Labute approximate surface area is 106 Å². The molecule has 0 radical (unpaired) electrons. The Bertz CT molecular complexity index is 448. The molecule has 98 valence electrons. The van der Waals surface area contributed by atoms with Crippen LogP contribution in [0.4, 0.5) is 0 Å². The standard InChI is InChI=1S/C13H18N2O3/c1-8-10(5-3-7-14-8)15-13(18)9-4-2-6-11(16)12(9)17/h2,4,6,8,10,14,16-17H,3,5,7H2,1H3,(H,15,18). The van der Waals surface area contributed by atoms with Crippen LogP contribution in [-0.4, -0.2) is 34.7 Å². The van der Waals surface area contributed by atoms with E-state index in [9.17, 15) is 15.0 Å². The number of carbonyl (C=O) groups excluding carboxylic acids is 1. The Balaban J connectivity index is 2.09. The Hall–Kier alpha value is -1.75. The van der Waals surface area contributed by atoms with E-state index in [0.717, 1.165) is 19.4 Å². The molecule has 0 spiro atoms. The number of piperidine rings is 1. The molecule has 1 saturated heterocycles. The Morgan fingerprint density at radius 1 is 1.44 bits per heavy atom. The average molecular weight is 250 g/mol. The van der Waals surface area contributed by atoms with Gasteiger partial charge in [-0.05, 0) is 38.4 Å². The molecule has 2 atom stereocenters. The number of benzene rings is 1. The normalized spacial score (nSPS) is 23.6. The number of hydrogen-bond acceptors (Lipinski definition) is 4. The fourth-order valence-electron chi connectivity index (χ4n) is 2.20. The van der Waals surface area contributed by atoms with Crippen LogP contribution in [0.1, 0.15) is 30.1 Å². The second-order valence-corrected chi connectivity index (χ2v) is 4.64. The number of carbonyl (C=O) groups is 1. The van der Waals surface area contributed by atoms with Gasteiger partial charge in [0.25, 0.3) is 5.91 Å². The van der Waals surface area contributed by atoms with Crippen LogP contribution in [0.15, 0.2) is 18.2 Å². The average Bonchev–Trinajstić information content (AvgIpc) is 2.35. The molecule has 1 aliphatic heterocycles. The molecule has 1 heterocycles. The SMILES string of the molecule is CC1NCCCC1NC(=O)c1cccc(O)c1O. The molecule has 0 aromatic heterocycles. The van der Waals surface area contributed by atoms with Crippen molar-refractivity contribution in [2.45, 2.75) is 31.8 Å². The summed E-state index contributed by atoms with van der Waals surface area (Å²) in [4.78, 5) is 12.0. The third-order valence-electron chi connectivity index (χ3n) is 3.34. The van der Waals surface area contributed by atoms with Crippen molar-refractivity contribution in [3.63, 3.8) is 0 Å². The Morgan fingerprint density at radius 3 is 2.94 bits per heavy atom. The summed E-state index contributed by atoms with van der Waals surface area (Å²) in [5, 5.41) is 25.2. The summed E-state index contributed by atoms with van der Waals surface area (Å²) < 4.78 is 0. The van der Waals surface area contributed by atoms with Gasteiger partial charge in [0.1, 0.15) is 0 Å². The molecule has 0 saturated carbocycles. The summed E-state index contributed by atoms with van der Waals surface area (Å²) in [6.45, 7) is 2.98. The first kappa shape index (κ1) is 12.7. The van der Waals surface area contributed by atoms with Crippen LogP contribution in [0.25, 0.3) is 0 Å². The second kappa shape index (κ2) is 5.27. The van der Waals surface area contributed by atoms with E-state index in [0.29, 0.717) is 0 Å². The molecule has 1 aromatic carbocycles. The van der Waals surface area contributed by atoms with Crippen molar-refractivity contribution >= 4 is 5.91 Å². The van der Waals surface area contributed by atoms with Gasteiger partial charge in [-0.3, -0.25) is 4.79 Å². The first-order valence-corrected chi connectivity index (χ1v) is 6.15. The molecule has 0 aliphatic carbocycles. The Kier molecular flexibility index (Phi) is 3.72. The van der Waals surface area contributed by atoms with Crippen LogP contribution in [0, 0.1) is 0 Å². The number of amides is 1. The molecule has 0 bridgehead atoms. The summed E-state index contributed by atoms with van der Waals surface area (Å²) in [6.07, 6.45) is 1.93.